The Morgan fingerprint density at radius 1 is 1.50 bits per heavy atom. The maximum atomic E-state index is 10.8. The van der Waals surface area contributed by atoms with Crippen molar-refractivity contribution in [3.63, 3.8) is 0 Å². The summed E-state index contributed by atoms with van der Waals surface area (Å²) in [6.07, 6.45) is -0.00699. The maximum absolute atomic E-state index is 10.8. The zero-order valence-electron chi connectivity index (χ0n) is 7.05. The third-order valence-electron chi connectivity index (χ3n) is 0.812. The highest BCUT2D eigenvalue weighted by Gasteiger charge is 2.05. The van der Waals surface area contributed by atoms with Gasteiger partial charge in [-0.05, 0) is 27.9 Å². The summed E-state index contributed by atoms with van der Waals surface area (Å²) >= 11 is 0. The summed E-state index contributed by atoms with van der Waals surface area (Å²) in [6, 6.07) is 0. The summed E-state index contributed by atoms with van der Waals surface area (Å²) in [5.74, 6) is -0.167. The molecule has 0 saturated carbocycles. The smallest absolute Gasteiger partial charge is 0.320 e. The minimum Gasteiger partial charge on any atom is -0.462 e. The van der Waals surface area contributed by atoms with Crippen molar-refractivity contribution in [1.82, 2.24) is 4.90 Å². The predicted molar refractivity (Wildman–Crippen MR) is 39.8 cm³/mol. The number of carbonyl (C=O) groups excluding carboxylic acids is 1. The number of nitrogens with zero attached hydrogens (tertiary/aromatic N) is 1. The number of ether oxygens (including phenoxy) is 1. The van der Waals surface area contributed by atoms with Crippen LogP contribution in [0.15, 0.2) is 0 Å². The van der Waals surface area contributed by atoms with Gasteiger partial charge in [0.15, 0.2) is 0 Å². The maximum Gasteiger partial charge on any atom is 0.320 e. The molecule has 0 bridgehead atoms. The third kappa shape index (κ3) is 5.56. The molecule has 3 heteroatoms. The molecule has 0 aliphatic heterocycles. The monoisotopic (exact) mass is 145 g/mol. The fourth-order valence-corrected chi connectivity index (χ4v) is 0.558. The van der Waals surface area contributed by atoms with Crippen molar-refractivity contribution >= 4 is 5.97 Å². The Bertz CT molecular complexity index is 98.2. The second kappa shape index (κ2) is 4.28. The van der Waals surface area contributed by atoms with Crippen molar-refractivity contribution in [1.29, 1.82) is 0 Å². The Morgan fingerprint density at radius 2 is 2.00 bits per heavy atom. The van der Waals surface area contributed by atoms with E-state index in [0.717, 1.165) is 0 Å². The predicted octanol–water partition coefficient (Wildman–Crippen LogP) is 0.500. The van der Waals surface area contributed by atoms with Gasteiger partial charge in [0.25, 0.3) is 0 Å². The molecule has 0 heterocycles. The van der Waals surface area contributed by atoms with E-state index in [0.29, 0.717) is 6.54 Å². The quantitative estimate of drug-likeness (QED) is 0.542. The first-order valence-electron chi connectivity index (χ1n) is 3.36. The van der Waals surface area contributed by atoms with E-state index in [4.69, 9.17) is 4.74 Å². The molecular weight excluding hydrogens is 130 g/mol. The van der Waals surface area contributed by atoms with Gasteiger partial charge in [-0.2, -0.15) is 0 Å². The van der Waals surface area contributed by atoms with Crippen LogP contribution in [-0.4, -0.2) is 37.6 Å². The van der Waals surface area contributed by atoms with Gasteiger partial charge in [0.05, 0.1) is 12.6 Å². The number of likely N-dealkylation sites (N-methyl/N-ethyl adjacent to an activating group) is 1. The van der Waals surface area contributed by atoms with Gasteiger partial charge in [-0.15, -0.1) is 0 Å². The van der Waals surface area contributed by atoms with E-state index in [-0.39, 0.29) is 12.1 Å². The molecule has 0 unspecified atom stereocenters. The average Bonchev–Trinajstić information content (AvgIpc) is 1.58. The summed E-state index contributed by atoms with van der Waals surface area (Å²) in [4.78, 5) is 12.6. The second-order valence-electron chi connectivity index (χ2n) is 2.78. The Labute approximate surface area is 62.0 Å². The fourth-order valence-electron chi connectivity index (χ4n) is 0.558. The van der Waals surface area contributed by atoms with Crippen LogP contribution in [0.25, 0.3) is 0 Å². The van der Waals surface area contributed by atoms with Crippen molar-refractivity contribution in [3.05, 3.63) is 0 Å². The largest absolute Gasteiger partial charge is 0.462 e. The molecule has 0 saturated heterocycles. The topological polar surface area (TPSA) is 29.5 Å². The second-order valence-corrected chi connectivity index (χ2v) is 2.78. The van der Waals surface area contributed by atoms with Gasteiger partial charge in [0.1, 0.15) is 0 Å². The first-order chi connectivity index (χ1) is 4.52. The van der Waals surface area contributed by atoms with Crippen LogP contribution in [0.5, 0.6) is 0 Å². The zero-order chi connectivity index (χ0) is 8.15. The standard InChI is InChI=1S/C7H15NO2/c1-6(2)10-7(9)5-8(3)4/h6H,5H2,1-4H3. The lowest BCUT2D eigenvalue weighted by Gasteiger charge is -2.11. The molecule has 60 valence electrons. The van der Waals surface area contributed by atoms with Crippen LogP contribution in [0.3, 0.4) is 0 Å². The molecule has 3 nitrogen and oxygen atoms in total. The SMILES string of the molecule is CC(C)OC(=O)CN(C)C. The van der Waals surface area contributed by atoms with Crippen molar-refractivity contribution in [3.8, 4) is 0 Å². The van der Waals surface area contributed by atoms with Crippen LogP contribution in [0.1, 0.15) is 13.8 Å². The Morgan fingerprint density at radius 3 is 2.30 bits per heavy atom. The molecule has 0 aromatic rings. The van der Waals surface area contributed by atoms with Crippen molar-refractivity contribution in [2.24, 2.45) is 0 Å². The summed E-state index contributed by atoms with van der Waals surface area (Å²) in [6.45, 7) is 4.04. The van der Waals surface area contributed by atoms with Crippen LogP contribution < -0.4 is 0 Å². The van der Waals surface area contributed by atoms with E-state index in [1.165, 1.54) is 0 Å². The number of rotatable bonds is 3. The highest BCUT2D eigenvalue weighted by molar-refractivity contribution is 5.71. The molecule has 0 amide bonds. The van der Waals surface area contributed by atoms with E-state index in [9.17, 15) is 4.79 Å². The van der Waals surface area contributed by atoms with Gasteiger partial charge in [0, 0.05) is 0 Å². The Kier molecular flexibility index (Phi) is 4.03. The summed E-state index contributed by atoms with van der Waals surface area (Å²) in [5, 5.41) is 0. The normalized spacial score (nSPS) is 10.6. The molecule has 0 N–H and O–H groups in total. The van der Waals surface area contributed by atoms with E-state index >= 15 is 0 Å². The Balaban J connectivity index is 3.44. The van der Waals surface area contributed by atoms with E-state index in [1.807, 2.05) is 27.9 Å². The molecule has 0 spiro atoms. The summed E-state index contributed by atoms with van der Waals surface area (Å²) < 4.78 is 4.88. The van der Waals surface area contributed by atoms with E-state index in [1.54, 1.807) is 4.90 Å². The molecule has 0 rings (SSSR count). The van der Waals surface area contributed by atoms with Crippen LogP contribution in [0, 0.1) is 0 Å². The highest BCUT2D eigenvalue weighted by Crippen LogP contribution is 1.89. The molecule has 0 atom stereocenters. The van der Waals surface area contributed by atoms with Crippen molar-refractivity contribution < 1.29 is 9.53 Å². The van der Waals surface area contributed by atoms with Crippen LogP contribution in [0.2, 0.25) is 0 Å². The molecule has 10 heavy (non-hydrogen) atoms. The van der Waals surface area contributed by atoms with E-state index < -0.39 is 0 Å². The van der Waals surface area contributed by atoms with Gasteiger partial charge in [-0.25, -0.2) is 0 Å². The number of esters is 1. The summed E-state index contributed by atoms with van der Waals surface area (Å²) in [5.41, 5.74) is 0. The van der Waals surface area contributed by atoms with Crippen molar-refractivity contribution in [2.75, 3.05) is 20.6 Å². The molecule has 0 fully saturated rings. The first kappa shape index (κ1) is 9.43. The lowest BCUT2D eigenvalue weighted by atomic mass is 10.5. The van der Waals surface area contributed by atoms with Gasteiger partial charge in [-0.1, -0.05) is 0 Å². The third-order valence-corrected chi connectivity index (χ3v) is 0.812. The fraction of sp³-hybridized carbons (Fsp3) is 0.857. The van der Waals surface area contributed by atoms with Crippen LogP contribution >= 0.6 is 0 Å². The Hall–Kier alpha value is -0.570. The lowest BCUT2D eigenvalue weighted by molar-refractivity contribution is -0.148. The van der Waals surface area contributed by atoms with Gasteiger partial charge in [0.2, 0.25) is 0 Å². The molecule has 0 aromatic carbocycles. The number of hydrogen-bond donors (Lipinski definition) is 0. The molecule has 0 aliphatic rings. The van der Waals surface area contributed by atoms with Gasteiger partial charge in [-0.3, -0.25) is 9.69 Å². The minimum absolute atomic E-state index is 0.00699. The van der Waals surface area contributed by atoms with Crippen LogP contribution in [-0.2, 0) is 9.53 Å². The molecule has 0 aliphatic carbocycles. The van der Waals surface area contributed by atoms with Gasteiger partial charge < -0.3 is 4.74 Å². The molecular formula is C7H15NO2. The number of carbonyl (C=O) groups is 1. The van der Waals surface area contributed by atoms with Crippen LogP contribution in [0.4, 0.5) is 0 Å². The molecule has 0 aromatic heterocycles. The minimum atomic E-state index is -0.167. The highest BCUT2D eigenvalue weighted by atomic mass is 16.5. The molecule has 0 radical (unpaired) electrons. The average molecular weight is 145 g/mol. The number of hydrogen-bond acceptors (Lipinski definition) is 3. The first-order valence-corrected chi connectivity index (χ1v) is 3.36. The van der Waals surface area contributed by atoms with Crippen molar-refractivity contribution in [2.45, 2.75) is 20.0 Å². The zero-order valence-corrected chi connectivity index (χ0v) is 7.05. The summed E-state index contributed by atoms with van der Waals surface area (Å²) in [7, 11) is 3.67. The van der Waals surface area contributed by atoms with Gasteiger partial charge >= 0.3 is 5.97 Å². The van der Waals surface area contributed by atoms with E-state index in [2.05, 4.69) is 0 Å². The lowest BCUT2D eigenvalue weighted by Crippen LogP contribution is -2.25.